The van der Waals surface area contributed by atoms with Gasteiger partial charge in [0, 0.05) is 61.5 Å². The van der Waals surface area contributed by atoms with Crippen LogP contribution in [0.4, 0.5) is 18.9 Å². The predicted molar refractivity (Wildman–Crippen MR) is 135 cm³/mol. The Morgan fingerprint density at radius 1 is 1.08 bits per heavy atom. The molecular formula is C28H31F3N4O2. The van der Waals surface area contributed by atoms with E-state index in [0.717, 1.165) is 42.9 Å². The molecule has 3 atom stereocenters. The van der Waals surface area contributed by atoms with Gasteiger partial charge in [0.2, 0.25) is 0 Å². The molecule has 2 saturated heterocycles. The van der Waals surface area contributed by atoms with Crippen LogP contribution in [0.15, 0.2) is 42.7 Å². The number of aromatic nitrogens is 2. The molecule has 9 heteroatoms. The maximum Gasteiger partial charge on any atom is 0.149 e. The Bertz CT molecular complexity index is 1220. The summed E-state index contributed by atoms with van der Waals surface area (Å²) in [5.41, 5.74) is 8.00. The lowest BCUT2D eigenvalue weighted by atomic mass is 9.95. The third kappa shape index (κ3) is 5.88. The van der Waals surface area contributed by atoms with Crippen LogP contribution >= 0.6 is 0 Å². The number of ether oxygens (including phenoxy) is 2. The molecule has 4 heterocycles. The van der Waals surface area contributed by atoms with Gasteiger partial charge in [0.25, 0.3) is 0 Å². The lowest BCUT2D eigenvalue weighted by molar-refractivity contribution is 0.141. The molecule has 3 aromatic rings. The number of pyridine rings is 2. The molecule has 196 valence electrons. The zero-order chi connectivity index (χ0) is 25.9. The molecule has 2 aliphatic rings. The minimum Gasteiger partial charge on any atom is -0.488 e. The van der Waals surface area contributed by atoms with Crippen molar-refractivity contribution in [1.82, 2.24) is 9.97 Å². The maximum atomic E-state index is 15.0. The predicted octanol–water partition coefficient (Wildman–Crippen LogP) is 4.69. The van der Waals surface area contributed by atoms with Gasteiger partial charge in [0.05, 0.1) is 18.8 Å². The average molecular weight is 513 g/mol. The van der Waals surface area contributed by atoms with Crippen LogP contribution in [-0.4, -0.2) is 48.4 Å². The lowest BCUT2D eigenvalue weighted by Gasteiger charge is -2.37. The molecule has 0 spiro atoms. The monoisotopic (exact) mass is 512 g/mol. The van der Waals surface area contributed by atoms with E-state index in [9.17, 15) is 13.2 Å². The fraction of sp³-hybridized carbons (Fsp3) is 0.429. The lowest BCUT2D eigenvalue weighted by Crippen LogP contribution is -2.46. The van der Waals surface area contributed by atoms with Crippen molar-refractivity contribution < 1.29 is 22.6 Å². The van der Waals surface area contributed by atoms with Crippen molar-refractivity contribution in [3.63, 3.8) is 0 Å². The Balaban J connectivity index is 1.35. The van der Waals surface area contributed by atoms with Crippen molar-refractivity contribution in [3.05, 3.63) is 71.4 Å². The van der Waals surface area contributed by atoms with E-state index in [1.165, 1.54) is 6.07 Å². The Labute approximate surface area is 214 Å². The number of hydrogen-bond acceptors (Lipinski definition) is 6. The molecule has 6 nitrogen and oxygen atoms in total. The van der Waals surface area contributed by atoms with Gasteiger partial charge in [-0.2, -0.15) is 0 Å². The Morgan fingerprint density at radius 3 is 2.62 bits per heavy atom. The summed E-state index contributed by atoms with van der Waals surface area (Å²) in [5.74, 6) is -2.12. The summed E-state index contributed by atoms with van der Waals surface area (Å²) in [4.78, 5) is 10.9. The van der Waals surface area contributed by atoms with Gasteiger partial charge in [0.15, 0.2) is 0 Å². The van der Waals surface area contributed by atoms with Crippen molar-refractivity contribution >= 4 is 5.69 Å². The third-order valence-corrected chi connectivity index (χ3v) is 6.91. The van der Waals surface area contributed by atoms with Gasteiger partial charge in [-0.3, -0.25) is 4.98 Å². The van der Waals surface area contributed by atoms with E-state index in [1.54, 1.807) is 12.3 Å². The second-order valence-electron chi connectivity index (χ2n) is 10.0. The molecule has 2 aliphatic heterocycles. The van der Waals surface area contributed by atoms with Crippen molar-refractivity contribution in [2.24, 2.45) is 11.7 Å². The largest absolute Gasteiger partial charge is 0.488 e. The zero-order valence-corrected chi connectivity index (χ0v) is 20.8. The van der Waals surface area contributed by atoms with Crippen LogP contribution in [0.25, 0.3) is 11.3 Å². The van der Waals surface area contributed by atoms with E-state index in [1.807, 2.05) is 12.3 Å². The molecule has 37 heavy (non-hydrogen) atoms. The molecular weight excluding hydrogens is 481 g/mol. The Kier molecular flexibility index (Phi) is 7.62. The first kappa shape index (κ1) is 25.5. The van der Waals surface area contributed by atoms with E-state index in [4.69, 9.17) is 15.2 Å². The highest BCUT2D eigenvalue weighted by atomic mass is 19.1. The maximum absolute atomic E-state index is 15.0. The van der Waals surface area contributed by atoms with Gasteiger partial charge >= 0.3 is 0 Å². The molecule has 0 amide bonds. The summed E-state index contributed by atoms with van der Waals surface area (Å²) >= 11 is 0. The summed E-state index contributed by atoms with van der Waals surface area (Å²) in [6.45, 7) is 4.78. The van der Waals surface area contributed by atoms with E-state index in [0.29, 0.717) is 44.1 Å². The first-order valence-corrected chi connectivity index (χ1v) is 12.7. The number of piperidine rings is 1. The molecule has 1 aromatic carbocycles. The van der Waals surface area contributed by atoms with Crippen molar-refractivity contribution in [1.29, 1.82) is 0 Å². The number of aryl methyl sites for hydroxylation is 2. The Morgan fingerprint density at radius 2 is 1.89 bits per heavy atom. The van der Waals surface area contributed by atoms with Crippen molar-refractivity contribution in [2.75, 3.05) is 31.2 Å². The molecule has 0 aliphatic carbocycles. The fourth-order valence-corrected chi connectivity index (χ4v) is 5.22. The summed E-state index contributed by atoms with van der Waals surface area (Å²) in [5, 5.41) is 0. The summed E-state index contributed by atoms with van der Waals surface area (Å²) in [7, 11) is 0. The number of rotatable bonds is 7. The SMILES string of the molecule is C[C@@H]1C[C@H](N)CN(c2ccncc2CCc2ccc(F)c(-c3c(F)cc(O[C@H]4CCOC4)cc3F)n2)C1. The highest BCUT2D eigenvalue weighted by Crippen LogP contribution is 2.32. The smallest absolute Gasteiger partial charge is 0.149 e. The number of halogens is 3. The number of hydrogen-bond donors (Lipinski definition) is 1. The van der Waals surface area contributed by atoms with Crippen LogP contribution in [0.5, 0.6) is 5.75 Å². The summed E-state index contributed by atoms with van der Waals surface area (Å²) in [6.07, 6.45) is 5.99. The summed E-state index contributed by atoms with van der Waals surface area (Å²) < 4.78 is 55.5. The molecule has 0 unspecified atom stereocenters. The number of nitrogens with two attached hydrogens (primary N) is 1. The van der Waals surface area contributed by atoms with Gasteiger partial charge < -0.3 is 20.1 Å². The fourth-order valence-electron chi connectivity index (χ4n) is 5.22. The highest BCUT2D eigenvalue weighted by Gasteiger charge is 2.25. The quantitative estimate of drug-likeness (QED) is 0.495. The second-order valence-corrected chi connectivity index (χ2v) is 10.0. The molecule has 0 saturated carbocycles. The standard InChI is InChI=1S/C28H31F3N4O2/c1-17-10-19(32)15-35(14-17)26-6-8-33-13-18(26)2-3-20-4-5-23(29)28(34-20)27-24(30)11-22(12-25(27)31)37-21-7-9-36-16-21/h4-6,8,11-13,17,19,21H,2-3,7,9-10,14-16,32H2,1H3/t17-,19+,21+/m1/s1. The average Bonchev–Trinajstić information content (AvgIpc) is 3.36. The number of anilines is 1. The van der Waals surface area contributed by atoms with Crippen molar-refractivity contribution in [3.8, 4) is 17.0 Å². The molecule has 5 rings (SSSR count). The molecule has 2 fully saturated rings. The van der Waals surface area contributed by atoms with Crippen LogP contribution in [0.1, 0.15) is 31.0 Å². The third-order valence-electron chi connectivity index (χ3n) is 6.91. The van der Waals surface area contributed by atoms with Crippen LogP contribution in [0.3, 0.4) is 0 Å². The summed E-state index contributed by atoms with van der Waals surface area (Å²) in [6, 6.07) is 6.97. The number of nitrogens with zero attached hydrogens (tertiary/aromatic N) is 3. The van der Waals surface area contributed by atoms with Crippen LogP contribution in [-0.2, 0) is 17.6 Å². The topological polar surface area (TPSA) is 73.5 Å². The second kappa shape index (κ2) is 11.1. The van der Waals surface area contributed by atoms with E-state index < -0.39 is 23.0 Å². The van der Waals surface area contributed by atoms with E-state index >= 15 is 0 Å². The minimum absolute atomic E-state index is 0.0432. The highest BCUT2D eigenvalue weighted by molar-refractivity contribution is 5.63. The van der Waals surface area contributed by atoms with Crippen LogP contribution in [0, 0.1) is 23.4 Å². The van der Waals surface area contributed by atoms with Crippen LogP contribution in [0.2, 0.25) is 0 Å². The molecule has 2 aromatic heterocycles. The first-order chi connectivity index (χ1) is 17.9. The van der Waals surface area contributed by atoms with Crippen molar-refractivity contribution in [2.45, 2.75) is 44.8 Å². The van der Waals surface area contributed by atoms with Gasteiger partial charge in [-0.15, -0.1) is 0 Å². The first-order valence-electron chi connectivity index (χ1n) is 12.7. The zero-order valence-electron chi connectivity index (χ0n) is 20.8. The van der Waals surface area contributed by atoms with Gasteiger partial charge in [-0.1, -0.05) is 6.92 Å². The van der Waals surface area contributed by atoms with Crippen LogP contribution < -0.4 is 15.4 Å². The van der Waals surface area contributed by atoms with E-state index in [-0.39, 0.29) is 23.6 Å². The normalized spacial score (nSPS) is 21.9. The van der Waals surface area contributed by atoms with E-state index in [2.05, 4.69) is 21.8 Å². The molecule has 0 bridgehead atoms. The van der Waals surface area contributed by atoms with Gasteiger partial charge in [0.1, 0.15) is 35.0 Å². The Hall–Kier alpha value is -3.17. The van der Waals surface area contributed by atoms with Gasteiger partial charge in [-0.05, 0) is 48.9 Å². The molecule has 0 radical (unpaired) electrons. The number of benzene rings is 1. The van der Waals surface area contributed by atoms with Gasteiger partial charge in [-0.25, -0.2) is 18.2 Å². The minimum atomic E-state index is -0.928. The molecule has 2 N–H and O–H groups in total.